The SMILES string of the molecule is Cc1cccc(CN2CCO[C@]3(CCCN(Cc4cccc(C#N)c4)CC3)C2)n1. The molecule has 29 heavy (non-hydrogen) atoms. The van der Waals surface area contributed by atoms with E-state index < -0.39 is 0 Å². The maximum Gasteiger partial charge on any atom is 0.0991 e. The summed E-state index contributed by atoms with van der Waals surface area (Å²) in [6.07, 6.45) is 3.32. The lowest BCUT2D eigenvalue weighted by atomic mass is 9.92. The van der Waals surface area contributed by atoms with E-state index in [2.05, 4.69) is 52.0 Å². The molecule has 3 heterocycles. The quantitative estimate of drug-likeness (QED) is 0.800. The van der Waals surface area contributed by atoms with Gasteiger partial charge in [-0.05, 0) is 62.6 Å². The molecule has 5 nitrogen and oxygen atoms in total. The van der Waals surface area contributed by atoms with E-state index in [0.29, 0.717) is 0 Å². The van der Waals surface area contributed by atoms with Crippen LogP contribution < -0.4 is 0 Å². The summed E-state index contributed by atoms with van der Waals surface area (Å²) in [6.45, 7) is 8.74. The van der Waals surface area contributed by atoms with E-state index in [-0.39, 0.29) is 5.60 Å². The molecular weight excluding hydrogens is 360 g/mol. The first-order chi connectivity index (χ1) is 14.1. The minimum atomic E-state index is -0.0364. The van der Waals surface area contributed by atoms with Crippen molar-refractivity contribution in [1.82, 2.24) is 14.8 Å². The Bertz CT molecular complexity index is 877. The fourth-order valence-electron chi connectivity index (χ4n) is 4.66. The van der Waals surface area contributed by atoms with Crippen LogP contribution in [0.25, 0.3) is 0 Å². The molecular formula is C24H30N4O. The molecule has 152 valence electrons. The van der Waals surface area contributed by atoms with Gasteiger partial charge in [-0.1, -0.05) is 18.2 Å². The van der Waals surface area contributed by atoms with Crippen LogP contribution in [0, 0.1) is 18.3 Å². The van der Waals surface area contributed by atoms with Crippen LogP contribution in [0.2, 0.25) is 0 Å². The van der Waals surface area contributed by atoms with Gasteiger partial charge in [-0.25, -0.2) is 0 Å². The third-order valence-corrected chi connectivity index (χ3v) is 6.11. The number of likely N-dealkylation sites (tertiary alicyclic amines) is 1. The number of aromatic nitrogens is 1. The minimum absolute atomic E-state index is 0.0364. The van der Waals surface area contributed by atoms with Gasteiger partial charge >= 0.3 is 0 Å². The van der Waals surface area contributed by atoms with Crippen LogP contribution in [-0.2, 0) is 17.8 Å². The molecule has 1 atom stereocenters. The van der Waals surface area contributed by atoms with Crippen molar-refractivity contribution in [1.29, 1.82) is 5.26 Å². The van der Waals surface area contributed by atoms with Gasteiger partial charge in [0, 0.05) is 38.4 Å². The highest BCUT2D eigenvalue weighted by atomic mass is 16.5. The molecule has 5 heteroatoms. The van der Waals surface area contributed by atoms with Crippen molar-refractivity contribution in [2.75, 3.05) is 32.8 Å². The Morgan fingerprint density at radius 1 is 1.07 bits per heavy atom. The van der Waals surface area contributed by atoms with Crippen LogP contribution in [0.3, 0.4) is 0 Å². The molecule has 0 bridgehead atoms. The number of aryl methyl sites for hydroxylation is 1. The van der Waals surface area contributed by atoms with Gasteiger partial charge in [-0.3, -0.25) is 14.8 Å². The summed E-state index contributed by atoms with van der Waals surface area (Å²) in [7, 11) is 0. The molecule has 2 aliphatic heterocycles. The lowest BCUT2D eigenvalue weighted by Gasteiger charge is -2.42. The fraction of sp³-hybridized carbons (Fsp3) is 0.500. The number of morpholine rings is 1. The first-order valence-corrected chi connectivity index (χ1v) is 10.6. The molecule has 1 aromatic heterocycles. The van der Waals surface area contributed by atoms with Crippen LogP contribution in [0.15, 0.2) is 42.5 Å². The van der Waals surface area contributed by atoms with Crippen molar-refractivity contribution < 1.29 is 4.74 Å². The highest BCUT2D eigenvalue weighted by Gasteiger charge is 2.38. The van der Waals surface area contributed by atoms with Crippen molar-refractivity contribution in [3.63, 3.8) is 0 Å². The number of hydrogen-bond donors (Lipinski definition) is 0. The second-order valence-corrected chi connectivity index (χ2v) is 8.45. The summed E-state index contributed by atoms with van der Waals surface area (Å²) in [5.74, 6) is 0. The Morgan fingerprint density at radius 3 is 2.83 bits per heavy atom. The smallest absolute Gasteiger partial charge is 0.0991 e. The van der Waals surface area contributed by atoms with Gasteiger partial charge < -0.3 is 4.74 Å². The summed E-state index contributed by atoms with van der Waals surface area (Å²) >= 11 is 0. The normalized spacial score (nSPS) is 23.6. The van der Waals surface area contributed by atoms with Crippen molar-refractivity contribution in [3.8, 4) is 6.07 Å². The third-order valence-electron chi connectivity index (χ3n) is 6.11. The zero-order valence-electron chi connectivity index (χ0n) is 17.3. The van der Waals surface area contributed by atoms with Crippen LogP contribution in [-0.4, -0.2) is 53.2 Å². The van der Waals surface area contributed by atoms with E-state index in [4.69, 9.17) is 10.00 Å². The summed E-state index contributed by atoms with van der Waals surface area (Å²) < 4.78 is 6.38. The molecule has 2 saturated heterocycles. The molecule has 0 amide bonds. The van der Waals surface area contributed by atoms with E-state index >= 15 is 0 Å². The van der Waals surface area contributed by atoms with Crippen molar-refractivity contribution in [3.05, 3.63) is 65.0 Å². The first-order valence-electron chi connectivity index (χ1n) is 10.6. The number of nitrogens with zero attached hydrogens (tertiary/aromatic N) is 4. The van der Waals surface area contributed by atoms with E-state index in [1.54, 1.807) is 0 Å². The summed E-state index contributed by atoms with van der Waals surface area (Å²) in [6, 6.07) is 16.5. The van der Waals surface area contributed by atoms with Crippen molar-refractivity contribution >= 4 is 0 Å². The zero-order chi connectivity index (χ0) is 20.1. The summed E-state index contributed by atoms with van der Waals surface area (Å²) in [4.78, 5) is 9.70. The number of ether oxygens (including phenoxy) is 1. The van der Waals surface area contributed by atoms with E-state index in [1.165, 1.54) is 5.56 Å². The van der Waals surface area contributed by atoms with Gasteiger partial charge in [0.15, 0.2) is 0 Å². The van der Waals surface area contributed by atoms with Crippen molar-refractivity contribution in [2.45, 2.75) is 44.9 Å². The number of rotatable bonds is 4. The van der Waals surface area contributed by atoms with E-state index in [9.17, 15) is 0 Å². The number of benzene rings is 1. The molecule has 0 N–H and O–H groups in total. The lowest BCUT2D eigenvalue weighted by Crippen LogP contribution is -2.51. The first kappa shape index (κ1) is 20.0. The highest BCUT2D eigenvalue weighted by molar-refractivity contribution is 5.32. The van der Waals surface area contributed by atoms with Gasteiger partial charge in [0.2, 0.25) is 0 Å². The number of nitriles is 1. The molecule has 1 aromatic carbocycles. The number of pyridine rings is 1. The molecule has 2 fully saturated rings. The molecule has 0 saturated carbocycles. The minimum Gasteiger partial charge on any atom is -0.372 e. The maximum absolute atomic E-state index is 9.14. The van der Waals surface area contributed by atoms with Crippen LogP contribution >= 0.6 is 0 Å². The zero-order valence-corrected chi connectivity index (χ0v) is 17.3. The molecule has 1 spiro atoms. The van der Waals surface area contributed by atoms with Crippen LogP contribution in [0.5, 0.6) is 0 Å². The average molecular weight is 391 g/mol. The number of hydrogen-bond acceptors (Lipinski definition) is 5. The van der Waals surface area contributed by atoms with Gasteiger partial charge in [0.05, 0.1) is 29.5 Å². The molecule has 0 aliphatic carbocycles. The largest absolute Gasteiger partial charge is 0.372 e. The second kappa shape index (κ2) is 9.04. The Hall–Kier alpha value is -2.26. The predicted octanol–water partition coefficient (Wildman–Crippen LogP) is 3.52. The lowest BCUT2D eigenvalue weighted by molar-refractivity contribution is -0.118. The monoisotopic (exact) mass is 390 g/mol. The van der Waals surface area contributed by atoms with Gasteiger partial charge in [-0.2, -0.15) is 5.26 Å². The standard InChI is InChI=1S/C24H30N4O/c1-20-5-2-8-23(26-20)18-28-13-14-29-24(19-28)9-4-11-27(12-10-24)17-22-7-3-6-21(15-22)16-25/h2-3,5-8,15H,4,9-14,17-19H2,1H3/t24-/m0/s1. The van der Waals surface area contributed by atoms with Gasteiger partial charge in [0.1, 0.15) is 0 Å². The Labute approximate surface area is 173 Å². The van der Waals surface area contributed by atoms with Crippen LogP contribution in [0.1, 0.15) is 41.8 Å². The predicted molar refractivity (Wildman–Crippen MR) is 113 cm³/mol. The average Bonchev–Trinajstić information content (AvgIpc) is 2.90. The summed E-state index contributed by atoms with van der Waals surface area (Å²) in [5.41, 5.74) is 4.15. The maximum atomic E-state index is 9.14. The second-order valence-electron chi connectivity index (χ2n) is 8.45. The third kappa shape index (κ3) is 5.22. The van der Waals surface area contributed by atoms with Gasteiger partial charge in [-0.15, -0.1) is 0 Å². The molecule has 4 rings (SSSR count). The molecule has 0 radical (unpaired) electrons. The van der Waals surface area contributed by atoms with Crippen LogP contribution in [0.4, 0.5) is 0 Å². The van der Waals surface area contributed by atoms with Gasteiger partial charge in [0.25, 0.3) is 0 Å². The topological polar surface area (TPSA) is 52.4 Å². The van der Waals surface area contributed by atoms with Crippen molar-refractivity contribution in [2.24, 2.45) is 0 Å². The Kier molecular flexibility index (Phi) is 6.25. The molecule has 2 aromatic rings. The molecule has 0 unspecified atom stereocenters. The highest BCUT2D eigenvalue weighted by Crippen LogP contribution is 2.31. The fourth-order valence-corrected chi connectivity index (χ4v) is 4.66. The van der Waals surface area contributed by atoms with E-state index in [1.807, 2.05) is 18.2 Å². The summed E-state index contributed by atoms with van der Waals surface area (Å²) in [5, 5.41) is 9.14. The Morgan fingerprint density at radius 2 is 1.97 bits per heavy atom. The molecule has 2 aliphatic rings. The van der Waals surface area contributed by atoms with E-state index in [0.717, 1.165) is 82.1 Å². The Balaban J connectivity index is 1.37.